The van der Waals surface area contributed by atoms with Gasteiger partial charge in [-0.05, 0) is 55.9 Å². The van der Waals surface area contributed by atoms with Crippen LogP contribution in [0.3, 0.4) is 0 Å². The van der Waals surface area contributed by atoms with Crippen LogP contribution in [0.15, 0.2) is 29.2 Å². The zero-order valence-corrected chi connectivity index (χ0v) is 17.8. The van der Waals surface area contributed by atoms with Crippen molar-refractivity contribution < 1.29 is 21.6 Å². The van der Waals surface area contributed by atoms with Gasteiger partial charge in [-0.2, -0.15) is 0 Å². The van der Waals surface area contributed by atoms with Gasteiger partial charge in [0.2, 0.25) is 20.0 Å². The average molecular weight is 430 g/mol. The summed E-state index contributed by atoms with van der Waals surface area (Å²) < 4.78 is 51.4. The summed E-state index contributed by atoms with van der Waals surface area (Å²) in [6.07, 6.45) is 3.00. The van der Waals surface area contributed by atoms with E-state index in [9.17, 15) is 21.6 Å². The highest BCUT2D eigenvalue weighted by atomic mass is 32.2. The maximum Gasteiger partial charge on any atom is 0.251 e. The zero-order chi connectivity index (χ0) is 20.5. The molecular weight excluding hydrogens is 402 g/mol. The third-order valence-corrected chi connectivity index (χ3v) is 9.55. The Bertz CT molecular complexity index is 914. The predicted molar refractivity (Wildman–Crippen MR) is 106 cm³/mol. The number of carbonyl (C=O) groups excluding carboxylic acids is 1. The minimum absolute atomic E-state index is 0.137. The SMILES string of the molecule is CN(C)S(=O)(=O)c1ccc(C(=O)NCC2CCN(S(=O)(=O)C3CC3)CC2)cc1. The van der Waals surface area contributed by atoms with E-state index in [4.69, 9.17) is 0 Å². The normalized spacial score (nSPS) is 19.7. The van der Waals surface area contributed by atoms with Crippen molar-refractivity contribution in [2.24, 2.45) is 5.92 Å². The van der Waals surface area contributed by atoms with E-state index in [1.807, 2.05) is 0 Å². The molecule has 1 saturated carbocycles. The largest absolute Gasteiger partial charge is 0.352 e. The maximum atomic E-state index is 12.3. The summed E-state index contributed by atoms with van der Waals surface area (Å²) in [7, 11) is -3.72. The lowest BCUT2D eigenvalue weighted by Gasteiger charge is -2.31. The number of nitrogens with one attached hydrogen (secondary N) is 1. The van der Waals surface area contributed by atoms with Gasteiger partial charge in [0, 0.05) is 39.3 Å². The van der Waals surface area contributed by atoms with Gasteiger partial charge in [0.05, 0.1) is 10.1 Å². The Hall–Kier alpha value is -1.49. The molecule has 1 aliphatic carbocycles. The first-order valence-electron chi connectivity index (χ1n) is 9.42. The molecule has 0 bridgehead atoms. The van der Waals surface area contributed by atoms with Gasteiger partial charge in [-0.1, -0.05) is 0 Å². The molecule has 8 nitrogen and oxygen atoms in total. The van der Waals surface area contributed by atoms with Crippen LogP contribution in [0.5, 0.6) is 0 Å². The fourth-order valence-electron chi connectivity index (χ4n) is 3.27. The Morgan fingerprint density at radius 1 is 1.04 bits per heavy atom. The second-order valence-corrected chi connectivity index (χ2v) is 12.0. The van der Waals surface area contributed by atoms with E-state index in [1.165, 1.54) is 38.4 Å². The topological polar surface area (TPSA) is 104 Å². The van der Waals surface area contributed by atoms with E-state index in [0.717, 1.165) is 30.0 Å². The number of sulfonamides is 2. The lowest BCUT2D eigenvalue weighted by atomic mass is 9.98. The van der Waals surface area contributed by atoms with E-state index < -0.39 is 20.0 Å². The molecule has 2 fully saturated rings. The molecule has 1 aromatic carbocycles. The van der Waals surface area contributed by atoms with E-state index in [-0.39, 0.29) is 22.0 Å². The van der Waals surface area contributed by atoms with Crippen LogP contribution in [-0.4, -0.2) is 70.3 Å². The summed E-state index contributed by atoms with van der Waals surface area (Å²) >= 11 is 0. The van der Waals surface area contributed by atoms with Gasteiger partial charge in [0.25, 0.3) is 5.91 Å². The summed E-state index contributed by atoms with van der Waals surface area (Å²) in [6, 6.07) is 5.84. The van der Waals surface area contributed by atoms with E-state index in [0.29, 0.717) is 25.2 Å². The number of hydrogen-bond donors (Lipinski definition) is 1. The van der Waals surface area contributed by atoms with Crippen LogP contribution in [0.2, 0.25) is 0 Å². The van der Waals surface area contributed by atoms with Crippen LogP contribution in [0.1, 0.15) is 36.0 Å². The molecule has 1 aliphatic heterocycles. The van der Waals surface area contributed by atoms with Crippen LogP contribution in [0, 0.1) is 5.92 Å². The summed E-state index contributed by atoms with van der Waals surface area (Å²) in [5.41, 5.74) is 0.395. The molecule has 10 heteroatoms. The van der Waals surface area contributed by atoms with Crippen LogP contribution in [0.4, 0.5) is 0 Å². The third-order valence-electron chi connectivity index (χ3n) is 5.33. The van der Waals surface area contributed by atoms with E-state index >= 15 is 0 Å². The predicted octanol–water partition coefficient (Wildman–Crippen LogP) is 0.871. The molecule has 1 saturated heterocycles. The van der Waals surface area contributed by atoms with Gasteiger partial charge in [0.15, 0.2) is 0 Å². The van der Waals surface area contributed by atoms with Crippen molar-refractivity contribution in [3.63, 3.8) is 0 Å². The Morgan fingerprint density at radius 3 is 2.11 bits per heavy atom. The minimum Gasteiger partial charge on any atom is -0.352 e. The van der Waals surface area contributed by atoms with Crippen molar-refractivity contribution in [3.8, 4) is 0 Å². The second-order valence-electron chi connectivity index (χ2n) is 7.61. The van der Waals surface area contributed by atoms with Crippen molar-refractivity contribution in [1.82, 2.24) is 13.9 Å². The summed E-state index contributed by atoms with van der Waals surface area (Å²) in [5.74, 6) is -0.0233. The Labute approximate surface area is 167 Å². The summed E-state index contributed by atoms with van der Waals surface area (Å²) in [4.78, 5) is 12.5. The summed E-state index contributed by atoms with van der Waals surface area (Å²) in [5, 5.41) is 2.69. The highest BCUT2D eigenvalue weighted by molar-refractivity contribution is 7.90. The van der Waals surface area contributed by atoms with Gasteiger partial charge in [-0.15, -0.1) is 0 Å². The highest BCUT2D eigenvalue weighted by Crippen LogP contribution is 2.33. The number of amides is 1. The number of piperidine rings is 1. The smallest absolute Gasteiger partial charge is 0.251 e. The molecule has 28 heavy (non-hydrogen) atoms. The first kappa shape index (κ1) is 21.2. The molecule has 0 spiro atoms. The minimum atomic E-state index is -3.52. The standard InChI is InChI=1S/C18H27N3O5S2/c1-20(2)27(23,24)16-5-3-15(4-6-16)18(22)19-13-14-9-11-21(12-10-14)28(25,26)17-7-8-17/h3-6,14,17H,7-13H2,1-2H3,(H,19,22). The Morgan fingerprint density at radius 2 is 1.61 bits per heavy atom. The number of rotatable bonds is 7. The quantitative estimate of drug-likeness (QED) is 0.693. The fraction of sp³-hybridized carbons (Fsp3) is 0.611. The van der Waals surface area contributed by atoms with Crippen molar-refractivity contribution in [2.45, 2.75) is 35.8 Å². The highest BCUT2D eigenvalue weighted by Gasteiger charge is 2.41. The van der Waals surface area contributed by atoms with Gasteiger partial charge >= 0.3 is 0 Å². The van der Waals surface area contributed by atoms with E-state index in [2.05, 4.69) is 5.32 Å². The second kappa shape index (κ2) is 8.10. The molecule has 0 unspecified atom stereocenters. The Kier molecular flexibility index (Phi) is 6.14. The zero-order valence-electron chi connectivity index (χ0n) is 16.2. The lowest BCUT2D eigenvalue weighted by Crippen LogP contribution is -2.42. The number of nitrogens with zero attached hydrogens (tertiary/aromatic N) is 2. The van der Waals surface area contributed by atoms with Gasteiger partial charge in [-0.25, -0.2) is 25.4 Å². The van der Waals surface area contributed by atoms with Crippen molar-refractivity contribution in [1.29, 1.82) is 0 Å². The molecule has 2 aliphatic rings. The van der Waals surface area contributed by atoms with Crippen LogP contribution < -0.4 is 5.32 Å². The van der Waals surface area contributed by atoms with Crippen molar-refractivity contribution >= 4 is 26.0 Å². The van der Waals surface area contributed by atoms with E-state index in [1.54, 1.807) is 4.31 Å². The fourth-order valence-corrected chi connectivity index (χ4v) is 6.05. The molecule has 3 rings (SSSR count). The average Bonchev–Trinajstić information content (AvgIpc) is 3.52. The number of carbonyl (C=O) groups is 1. The maximum absolute atomic E-state index is 12.3. The molecular formula is C18H27N3O5S2. The molecule has 1 heterocycles. The monoisotopic (exact) mass is 429 g/mol. The molecule has 1 N–H and O–H groups in total. The van der Waals surface area contributed by atoms with Gasteiger partial charge in [0.1, 0.15) is 0 Å². The molecule has 1 aromatic rings. The lowest BCUT2D eigenvalue weighted by molar-refractivity contribution is 0.0941. The molecule has 0 aromatic heterocycles. The van der Waals surface area contributed by atoms with Crippen molar-refractivity contribution in [2.75, 3.05) is 33.7 Å². The first-order valence-corrected chi connectivity index (χ1v) is 12.4. The van der Waals surface area contributed by atoms with Crippen LogP contribution in [-0.2, 0) is 20.0 Å². The molecule has 1 amide bonds. The van der Waals surface area contributed by atoms with Crippen molar-refractivity contribution in [3.05, 3.63) is 29.8 Å². The Balaban J connectivity index is 1.50. The third kappa shape index (κ3) is 4.56. The molecule has 156 valence electrons. The van der Waals surface area contributed by atoms with Gasteiger partial charge < -0.3 is 5.32 Å². The van der Waals surface area contributed by atoms with Crippen LogP contribution >= 0.6 is 0 Å². The van der Waals surface area contributed by atoms with Crippen LogP contribution in [0.25, 0.3) is 0 Å². The number of hydrogen-bond acceptors (Lipinski definition) is 5. The first-order chi connectivity index (χ1) is 13.1. The summed E-state index contributed by atoms with van der Waals surface area (Å²) in [6.45, 7) is 1.50. The number of benzene rings is 1. The molecule has 0 atom stereocenters. The molecule has 0 radical (unpaired) electrons. The van der Waals surface area contributed by atoms with Gasteiger partial charge in [-0.3, -0.25) is 4.79 Å².